The zero-order valence-electron chi connectivity index (χ0n) is 20.0. The predicted octanol–water partition coefficient (Wildman–Crippen LogP) is 6.88. The lowest BCUT2D eigenvalue weighted by Gasteiger charge is -2.30. The number of aromatic nitrogens is 1. The van der Waals surface area contributed by atoms with Crippen LogP contribution in [0.25, 0.3) is 32.8 Å². The van der Waals surface area contributed by atoms with Crippen LogP contribution in [-0.2, 0) is 7.05 Å². The van der Waals surface area contributed by atoms with Crippen molar-refractivity contribution in [3.63, 3.8) is 0 Å². The van der Waals surface area contributed by atoms with Gasteiger partial charge in [0.05, 0.1) is 19.0 Å². The number of fused-ring (bicyclic) bond motifs is 3. The summed E-state index contributed by atoms with van der Waals surface area (Å²) in [7, 11) is 0.442. The van der Waals surface area contributed by atoms with E-state index in [4.69, 9.17) is 4.74 Å². The molecular formula is C28H32NOSi+. The number of hydrogen-bond acceptors (Lipinski definition) is 1. The average molecular weight is 427 g/mol. The molecule has 3 aromatic carbocycles. The van der Waals surface area contributed by atoms with Gasteiger partial charge in [-0.05, 0) is 63.9 Å². The Balaban J connectivity index is 2.03. The largest absolute Gasteiger partial charge is 0.456 e. The summed E-state index contributed by atoms with van der Waals surface area (Å²) < 4.78 is 9.20. The maximum absolute atomic E-state index is 6.92. The zero-order chi connectivity index (χ0) is 22.2. The monoisotopic (exact) mass is 426 g/mol. The fraction of sp³-hybridized carbons (Fsp3) is 0.321. The summed E-state index contributed by atoms with van der Waals surface area (Å²) in [6.45, 7) is 16.3. The molecule has 0 aliphatic carbocycles. The highest BCUT2D eigenvalue weighted by Gasteiger charge is 2.36. The molecule has 4 aromatic rings. The van der Waals surface area contributed by atoms with Crippen molar-refractivity contribution in [2.24, 2.45) is 7.05 Å². The first kappa shape index (κ1) is 20.3. The lowest BCUT2D eigenvalue weighted by atomic mass is 9.89. The van der Waals surface area contributed by atoms with Crippen molar-refractivity contribution >= 4 is 34.8 Å². The molecule has 1 aliphatic rings. The standard InChI is InChI=1S/C28H32NOSi/c1-16(2)20-14-19-12-13-29(5)26-24-18(4)21-11-9-10-17(3)23(21)28(31(6,7)8)27(24)30-22(15-20)25(19)26/h9-16H,1-8H3/q+1. The number of benzene rings is 3. The molecule has 0 N–H and O–H groups in total. The highest BCUT2D eigenvalue weighted by atomic mass is 28.3. The number of ether oxygens (including phenoxy) is 1. The SMILES string of the molecule is Cc1c2c(c([Si](C)(C)C)c3c(C)cccc13)Oc1cc(C(C)C)cc3cc[n+](C)c-2c13. The van der Waals surface area contributed by atoms with Crippen LogP contribution < -0.4 is 14.5 Å². The molecule has 3 heteroatoms. The maximum Gasteiger partial charge on any atom is 0.228 e. The Hall–Kier alpha value is -2.65. The highest BCUT2D eigenvalue weighted by Crippen LogP contribution is 2.49. The van der Waals surface area contributed by atoms with Crippen molar-refractivity contribution in [2.45, 2.75) is 53.3 Å². The second-order valence-corrected chi connectivity index (χ2v) is 15.5. The minimum atomic E-state index is -1.72. The number of aryl methyl sites for hydroxylation is 3. The molecule has 0 saturated carbocycles. The molecule has 158 valence electrons. The third kappa shape index (κ3) is 2.86. The van der Waals surface area contributed by atoms with Gasteiger partial charge >= 0.3 is 0 Å². The molecule has 0 fully saturated rings. The molecule has 2 heterocycles. The summed E-state index contributed by atoms with van der Waals surface area (Å²) in [5.74, 6) is 2.56. The molecule has 0 saturated heterocycles. The van der Waals surface area contributed by atoms with Crippen LogP contribution in [-0.4, -0.2) is 8.07 Å². The van der Waals surface area contributed by atoms with Gasteiger partial charge in [0, 0.05) is 6.07 Å². The van der Waals surface area contributed by atoms with E-state index in [0.717, 1.165) is 11.5 Å². The average Bonchev–Trinajstić information content (AvgIpc) is 2.69. The Kier molecular flexibility index (Phi) is 4.36. The van der Waals surface area contributed by atoms with Crippen LogP contribution >= 0.6 is 0 Å². The Morgan fingerprint density at radius 3 is 2.39 bits per heavy atom. The molecule has 0 amide bonds. The van der Waals surface area contributed by atoms with E-state index in [9.17, 15) is 0 Å². The fourth-order valence-electron chi connectivity index (χ4n) is 5.27. The quantitative estimate of drug-likeness (QED) is 0.222. The van der Waals surface area contributed by atoms with Crippen molar-refractivity contribution in [3.05, 3.63) is 59.3 Å². The van der Waals surface area contributed by atoms with E-state index >= 15 is 0 Å². The van der Waals surface area contributed by atoms with Crippen molar-refractivity contribution in [1.29, 1.82) is 0 Å². The van der Waals surface area contributed by atoms with Gasteiger partial charge in [0.1, 0.15) is 18.5 Å². The summed E-state index contributed by atoms with van der Waals surface area (Å²) >= 11 is 0. The molecule has 0 bridgehead atoms. The second kappa shape index (κ2) is 6.67. The summed E-state index contributed by atoms with van der Waals surface area (Å²) in [5.41, 5.74) is 6.54. The molecular weight excluding hydrogens is 394 g/mol. The first-order valence-corrected chi connectivity index (χ1v) is 14.8. The third-order valence-electron chi connectivity index (χ3n) is 6.84. The Labute approximate surface area is 186 Å². The van der Waals surface area contributed by atoms with Crippen molar-refractivity contribution in [3.8, 4) is 22.8 Å². The van der Waals surface area contributed by atoms with Crippen LogP contribution in [0.1, 0.15) is 36.5 Å². The summed E-state index contributed by atoms with van der Waals surface area (Å²) in [4.78, 5) is 0. The lowest BCUT2D eigenvalue weighted by Crippen LogP contribution is -2.41. The van der Waals surface area contributed by atoms with Crippen molar-refractivity contribution < 1.29 is 9.30 Å². The maximum atomic E-state index is 6.92. The van der Waals surface area contributed by atoms with Gasteiger partial charge in [0.2, 0.25) is 5.69 Å². The molecule has 2 nitrogen and oxygen atoms in total. The van der Waals surface area contributed by atoms with Crippen LogP contribution in [0.2, 0.25) is 19.6 Å². The van der Waals surface area contributed by atoms with E-state index < -0.39 is 8.07 Å². The molecule has 0 atom stereocenters. The normalized spacial score (nSPS) is 13.1. The summed E-state index contributed by atoms with van der Waals surface area (Å²) in [5, 5.41) is 6.70. The van der Waals surface area contributed by atoms with Crippen LogP contribution in [0, 0.1) is 13.8 Å². The molecule has 1 aliphatic heterocycles. The van der Waals surface area contributed by atoms with E-state index in [1.165, 1.54) is 54.7 Å². The Morgan fingerprint density at radius 1 is 0.968 bits per heavy atom. The van der Waals surface area contributed by atoms with Gasteiger partial charge in [0.15, 0.2) is 6.20 Å². The minimum Gasteiger partial charge on any atom is -0.456 e. The second-order valence-electron chi connectivity index (χ2n) is 10.5. The van der Waals surface area contributed by atoms with Crippen molar-refractivity contribution in [1.82, 2.24) is 0 Å². The Bertz CT molecular complexity index is 1390. The Morgan fingerprint density at radius 2 is 1.71 bits per heavy atom. The molecule has 0 unspecified atom stereocenters. The molecule has 0 radical (unpaired) electrons. The lowest BCUT2D eigenvalue weighted by molar-refractivity contribution is -0.659. The summed E-state index contributed by atoms with van der Waals surface area (Å²) in [6, 6.07) is 13.6. The topological polar surface area (TPSA) is 13.1 Å². The minimum absolute atomic E-state index is 0.458. The van der Waals surface area contributed by atoms with Gasteiger partial charge in [-0.1, -0.05) is 57.8 Å². The van der Waals surface area contributed by atoms with Gasteiger partial charge in [-0.15, -0.1) is 0 Å². The van der Waals surface area contributed by atoms with Crippen LogP contribution in [0.15, 0.2) is 42.6 Å². The van der Waals surface area contributed by atoms with Gasteiger partial charge in [-0.2, -0.15) is 0 Å². The third-order valence-corrected chi connectivity index (χ3v) is 8.82. The van der Waals surface area contributed by atoms with Crippen LogP contribution in [0.5, 0.6) is 11.5 Å². The first-order chi connectivity index (χ1) is 14.6. The summed E-state index contributed by atoms with van der Waals surface area (Å²) in [6.07, 6.45) is 2.20. The van der Waals surface area contributed by atoms with Gasteiger partial charge < -0.3 is 4.74 Å². The molecule has 1 aromatic heterocycles. The molecule has 0 spiro atoms. The number of pyridine rings is 1. The van der Waals surface area contributed by atoms with Gasteiger partial charge in [-0.25, -0.2) is 4.57 Å². The first-order valence-electron chi connectivity index (χ1n) is 11.3. The zero-order valence-corrected chi connectivity index (χ0v) is 21.0. The van der Waals surface area contributed by atoms with E-state index in [1.807, 2.05) is 0 Å². The van der Waals surface area contributed by atoms with Gasteiger partial charge in [0.25, 0.3) is 0 Å². The fourth-order valence-corrected chi connectivity index (χ4v) is 7.21. The van der Waals surface area contributed by atoms with Crippen LogP contribution in [0.4, 0.5) is 0 Å². The number of nitrogens with zero attached hydrogens (tertiary/aromatic N) is 1. The van der Waals surface area contributed by atoms with E-state index in [1.54, 1.807) is 0 Å². The van der Waals surface area contributed by atoms with E-state index in [0.29, 0.717) is 5.92 Å². The van der Waals surface area contributed by atoms with Gasteiger partial charge in [-0.3, -0.25) is 0 Å². The number of rotatable bonds is 2. The highest BCUT2D eigenvalue weighted by molar-refractivity contribution is 6.91. The van der Waals surface area contributed by atoms with E-state index in [-0.39, 0.29) is 0 Å². The predicted molar refractivity (Wildman–Crippen MR) is 135 cm³/mol. The van der Waals surface area contributed by atoms with Crippen molar-refractivity contribution in [2.75, 3.05) is 0 Å². The number of hydrogen-bond donors (Lipinski definition) is 0. The van der Waals surface area contributed by atoms with E-state index in [2.05, 4.69) is 102 Å². The molecule has 5 rings (SSSR count). The smallest absolute Gasteiger partial charge is 0.228 e. The van der Waals surface area contributed by atoms with Crippen LogP contribution in [0.3, 0.4) is 0 Å². The molecule has 31 heavy (non-hydrogen) atoms.